The molecule has 2 nitrogen and oxygen atoms in total. The Morgan fingerprint density at radius 2 is 1.26 bits per heavy atom. The van der Waals surface area contributed by atoms with E-state index in [-0.39, 0.29) is 0 Å². The van der Waals surface area contributed by atoms with E-state index >= 15 is 0 Å². The summed E-state index contributed by atoms with van der Waals surface area (Å²) in [6, 6.07) is 11.6. The van der Waals surface area contributed by atoms with Gasteiger partial charge in [0.05, 0.1) is 11.4 Å². The molecule has 0 aliphatic carbocycles. The van der Waals surface area contributed by atoms with Crippen molar-refractivity contribution in [3.63, 3.8) is 0 Å². The Morgan fingerprint density at radius 3 is 1.47 bits per heavy atom. The molecular formula is C14H18I2N2Sn. The van der Waals surface area contributed by atoms with Gasteiger partial charge in [-0.25, -0.2) is 0 Å². The Labute approximate surface area is 139 Å². The predicted molar refractivity (Wildman–Crippen MR) is 102 cm³/mol. The van der Waals surface area contributed by atoms with Crippen molar-refractivity contribution in [1.29, 1.82) is 0 Å². The Balaban J connectivity index is 0.000000224. The molecule has 0 aromatic carbocycles. The molecule has 2 aromatic heterocycles. The summed E-state index contributed by atoms with van der Waals surface area (Å²) in [7, 11) is -1.34. The van der Waals surface area contributed by atoms with Gasteiger partial charge in [0.25, 0.3) is 0 Å². The van der Waals surface area contributed by atoms with Crippen molar-refractivity contribution in [2.75, 3.05) is 0 Å². The summed E-state index contributed by atoms with van der Waals surface area (Å²) in [6.07, 6.45) is 3.54. The predicted octanol–water partition coefficient (Wildman–Crippen LogP) is 5.48. The van der Waals surface area contributed by atoms with E-state index in [1.165, 1.54) is 8.87 Å². The molecule has 2 aromatic rings. The average molecular weight is 587 g/mol. The molecule has 0 fully saturated rings. The van der Waals surface area contributed by atoms with Crippen LogP contribution in [0.3, 0.4) is 0 Å². The van der Waals surface area contributed by atoms with Crippen molar-refractivity contribution in [3.05, 3.63) is 48.8 Å². The smallest absolute Gasteiger partial charge is 0.0886 e. The minimum atomic E-state index is -1.34. The topological polar surface area (TPSA) is 25.8 Å². The van der Waals surface area contributed by atoms with E-state index in [4.69, 9.17) is 0 Å². The molecule has 5 heteroatoms. The summed E-state index contributed by atoms with van der Waals surface area (Å²) in [6.45, 7) is 4.64. The van der Waals surface area contributed by atoms with Gasteiger partial charge in [-0.1, -0.05) is 12.1 Å². The van der Waals surface area contributed by atoms with Crippen molar-refractivity contribution in [3.8, 4) is 11.4 Å². The molecule has 0 radical (unpaired) electrons. The number of halogens is 2. The minimum Gasteiger partial charge on any atom is -0.255 e. The maximum atomic E-state index is 4.19. The fraction of sp³-hybridized carbons (Fsp3) is 0.286. The molecule has 0 unspecified atom stereocenters. The van der Waals surface area contributed by atoms with Crippen LogP contribution in [0.25, 0.3) is 11.4 Å². The Morgan fingerprint density at radius 1 is 0.842 bits per heavy atom. The molecule has 0 amide bonds. The summed E-state index contributed by atoms with van der Waals surface area (Å²) in [5.41, 5.74) is 1.83. The molecule has 0 bridgehead atoms. The largest absolute Gasteiger partial charge is 0.255 e. The van der Waals surface area contributed by atoms with E-state index in [1.54, 1.807) is 12.4 Å². The van der Waals surface area contributed by atoms with Gasteiger partial charge < -0.3 is 0 Å². The summed E-state index contributed by atoms with van der Waals surface area (Å²) < 4.78 is 2.96. The Kier molecular flexibility index (Phi) is 8.79. The third kappa shape index (κ3) is 7.21. The standard InChI is InChI=1S/C10H8N2.2C2H5.2HI.Sn/c1-3-7-11-9(5-1)10-6-2-4-8-12-10;2*1-2;;;/h1-8H;2*1H2,2H3;2*1H;/q;;;;;+2/p-2. The van der Waals surface area contributed by atoms with E-state index in [0.29, 0.717) is 0 Å². The Bertz CT molecular complexity index is 420. The first-order valence-corrected chi connectivity index (χ1v) is 27.0. The normalized spacial score (nSPS) is 10.5. The fourth-order valence-corrected chi connectivity index (χ4v) is 2.71. The van der Waals surface area contributed by atoms with E-state index < -0.39 is 10.4 Å². The van der Waals surface area contributed by atoms with Crippen LogP contribution in [-0.4, -0.2) is 20.4 Å². The van der Waals surface area contributed by atoms with E-state index in [2.05, 4.69) is 61.1 Å². The van der Waals surface area contributed by atoms with Crippen LogP contribution in [0.2, 0.25) is 8.87 Å². The van der Waals surface area contributed by atoms with Crippen molar-refractivity contribution < 1.29 is 0 Å². The number of rotatable bonds is 3. The van der Waals surface area contributed by atoms with Crippen LogP contribution in [-0.2, 0) is 0 Å². The second kappa shape index (κ2) is 9.49. The van der Waals surface area contributed by atoms with Gasteiger partial charge in [0.2, 0.25) is 0 Å². The third-order valence-corrected chi connectivity index (χ3v) is 29.0. The van der Waals surface area contributed by atoms with E-state index in [1.807, 2.05) is 36.4 Å². The quantitative estimate of drug-likeness (QED) is 0.352. The van der Waals surface area contributed by atoms with Crippen LogP contribution in [0.5, 0.6) is 0 Å². The fourth-order valence-electron chi connectivity index (χ4n) is 1.28. The Hall–Kier alpha value is 0.559. The number of hydrogen-bond acceptors (Lipinski definition) is 2. The monoisotopic (exact) mass is 588 g/mol. The van der Waals surface area contributed by atoms with Crippen molar-refractivity contribution >= 4 is 47.7 Å². The average Bonchev–Trinajstić information content (AvgIpc) is 2.50. The van der Waals surface area contributed by atoms with E-state index in [0.717, 1.165) is 11.4 Å². The van der Waals surface area contributed by atoms with Crippen LogP contribution >= 0.6 is 37.3 Å². The number of nitrogens with zero attached hydrogens (tertiary/aromatic N) is 2. The summed E-state index contributed by atoms with van der Waals surface area (Å²) in [5.74, 6) is 0. The third-order valence-electron chi connectivity index (χ3n) is 2.63. The van der Waals surface area contributed by atoms with Gasteiger partial charge in [-0.05, 0) is 24.3 Å². The molecule has 2 rings (SSSR count). The maximum absolute atomic E-state index is 4.19. The SMILES string of the molecule is C[CH2][Sn]([I])([I])[CH2]C.c1ccc(-c2ccccn2)nc1. The van der Waals surface area contributed by atoms with Crippen molar-refractivity contribution in [2.45, 2.75) is 22.7 Å². The van der Waals surface area contributed by atoms with Gasteiger partial charge in [-0.3, -0.25) is 9.97 Å². The van der Waals surface area contributed by atoms with Gasteiger partial charge in [-0.15, -0.1) is 0 Å². The minimum absolute atomic E-state index is 0.915. The zero-order chi connectivity index (χ0) is 14.1. The molecule has 2 heterocycles. The van der Waals surface area contributed by atoms with Gasteiger partial charge in [0.15, 0.2) is 0 Å². The second-order valence-electron chi connectivity index (χ2n) is 3.99. The van der Waals surface area contributed by atoms with Crippen molar-refractivity contribution in [1.82, 2.24) is 9.97 Å². The van der Waals surface area contributed by atoms with Gasteiger partial charge in [0.1, 0.15) is 0 Å². The van der Waals surface area contributed by atoms with Gasteiger partial charge in [-0.2, -0.15) is 0 Å². The van der Waals surface area contributed by atoms with Gasteiger partial charge in [0, 0.05) is 12.4 Å². The first-order valence-electron chi connectivity index (χ1n) is 6.29. The van der Waals surface area contributed by atoms with Crippen LogP contribution < -0.4 is 0 Å². The van der Waals surface area contributed by atoms with Gasteiger partial charge >= 0.3 is 70.4 Å². The molecule has 0 saturated carbocycles. The van der Waals surface area contributed by atoms with Crippen LogP contribution in [0.4, 0.5) is 0 Å². The second-order valence-corrected chi connectivity index (χ2v) is 54.5. The maximum Gasteiger partial charge on any atom is 0.0886 e. The van der Waals surface area contributed by atoms with Crippen LogP contribution in [0.1, 0.15) is 13.8 Å². The molecule has 0 aliphatic rings. The summed E-state index contributed by atoms with van der Waals surface area (Å²) in [4.78, 5) is 8.37. The first-order chi connectivity index (χ1) is 9.09. The molecule has 0 saturated heterocycles. The molecule has 0 N–H and O–H groups in total. The molecule has 0 spiro atoms. The summed E-state index contributed by atoms with van der Waals surface area (Å²) >= 11 is 5.40. The molecule has 102 valence electrons. The van der Waals surface area contributed by atoms with Crippen LogP contribution in [0, 0.1) is 0 Å². The molecule has 0 aliphatic heterocycles. The molecular weight excluding hydrogens is 569 g/mol. The number of pyridine rings is 2. The van der Waals surface area contributed by atoms with E-state index in [9.17, 15) is 0 Å². The number of hydrogen-bond donors (Lipinski definition) is 0. The van der Waals surface area contributed by atoms with Crippen molar-refractivity contribution in [2.24, 2.45) is 0 Å². The molecule has 19 heavy (non-hydrogen) atoms. The summed E-state index contributed by atoms with van der Waals surface area (Å²) in [5, 5.41) is 0. The first kappa shape index (κ1) is 17.6. The zero-order valence-corrected chi connectivity index (χ0v) is 18.4. The van der Waals surface area contributed by atoms with Crippen LogP contribution in [0.15, 0.2) is 48.8 Å². The number of aromatic nitrogens is 2. The molecule has 0 atom stereocenters. The zero-order valence-electron chi connectivity index (χ0n) is 11.2.